The first-order valence-electron chi connectivity index (χ1n) is 13.2. The van der Waals surface area contributed by atoms with Gasteiger partial charge in [0.2, 0.25) is 0 Å². The normalized spacial score (nSPS) is 11.8. The van der Waals surface area contributed by atoms with E-state index in [-0.39, 0.29) is 12.0 Å². The van der Waals surface area contributed by atoms with Gasteiger partial charge in [0.15, 0.2) is 5.65 Å². The lowest BCUT2D eigenvalue weighted by Gasteiger charge is -2.15. The molecule has 0 aliphatic rings. The monoisotopic (exact) mass is 545 g/mol. The molecule has 0 aliphatic heterocycles. The van der Waals surface area contributed by atoms with Crippen LogP contribution in [0, 0.1) is 0 Å². The molecule has 6 aromatic rings. The zero-order valence-corrected chi connectivity index (χ0v) is 22.3. The number of tetrazole rings is 1. The average Bonchev–Trinajstić information content (AvgIpc) is 3.67. The van der Waals surface area contributed by atoms with Crippen molar-refractivity contribution >= 4 is 11.6 Å². The highest BCUT2D eigenvalue weighted by molar-refractivity contribution is 5.96. The number of carbonyl (C=O) groups excluding carboxylic acids is 1. The standard InChI is InChI=1S/C30H27N9O2/c1-21(19-38-20-33-36-37-38)41-26-10-5-7-23(17-26)28-12-15-39-29(35-28)27(18-34-39)22-6-4-8-24(16-22)30(40)32-14-11-25-9-2-3-13-31-25/h2-10,12-13,15-18,20-21H,11,14,19H2,1H3,(H,32,40)/t21-/m0/s1. The summed E-state index contributed by atoms with van der Waals surface area (Å²) in [6.45, 7) is 2.99. The van der Waals surface area contributed by atoms with Gasteiger partial charge in [-0.25, -0.2) is 14.2 Å². The minimum Gasteiger partial charge on any atom is -0.489 e. The number of hydrogen-bond acceptors (Lipinski definition) is 8. The topological polar surface area (TPSA) is 125 Å². The van der Waals surface area contributed by atoms with Gasteiger partial charge in [0.25, 0.3) is 5.91 Å². The van der Waals surface area contributed by atoms with Crippen molar-refractivity contribution in [3.8, 4) is 28.1 Å². The number of benzene rings is 2. The molecule has 11 heteroatoms. The van der Waals surface area contributed by atoms with E-state index in [4.69, 9.17) is 9.72 Å². The van der Waals surface area contributed by atoms with Crippen LogP contribution in [-0.2, 0) is 13.0 Å². The second-order valence-corrected chi connectivity index (χ2v) is 9.54. The molecule has 0 saturated carbocycles. The third kappa shape index (κ3) is 6.09. The number of pyridine rings is 1. The lowest BCUT2D eigenvalue weighted by atomic mass is 10.0. The Bertz CT molecular complexity index is 1770. The highest BCUT2D eigenvalue weighted by Gasteiger charge is 2.14. The number of rotatable bonds is 10. The Morgan fingerprint density at radius 2 is 1.93 bits per heavy atom. The molecular formula is C30H27N9O2. The van der Waals surface area contributed by atoms with E-state index >= 15 is 0 Å². The van der Waals surface area contributed by atoms with Crippen molar-refractivity contribution in [2.24, 2.45) is 0 Å². The number of hydrogen-bond donors (Lipinski definition) is 1. The number of fused-ring (bicyclic) bond motifs is 1. The van der Waals surface area contributed by atoms with Crippen LogP contribution < -0.4 is 10.1 Å². The van der Waals surface area contributed by atoms with E-state index in [2.05, 4.69) is 30.9 Å². The first-order chi connectivity index (χ1) is 20.1. The highest BCUT2D eigenvalue weighted by atomic mass is 16.5. The van der Waals surface area contributed by atoms with E-state index in [0.29, 0.717) is 30.7 Å². The number of ether oxygens (including phenoxy) is 1. The molecule has 6 rings (SSSR count). The molecule has 41 heavy (non-hydrogen) atoms. The Morgan fingerprint density at radius 3 is 2.78 bits per heavy atom. The van der Waals surface area contributed by atoms with E-state index in [9.17, 15) is 4.79 Å². The van der Waals surface area contributed by atoms with Crippen molar-refractivity contribution in [2.45, 2.75) is 26.0 Å². The summed E-state index contributed by atoms with van der Waals surface area (Å²) >= 11 is 0. The molecule has 0 unspecified atom stereocenters. The van der Waals surface area contributed by atoms with Crippen LogP contribution in [0.3, 0.4) is 0 Å². The minimum atomic E-state index is -0.140. The molecule has 1 amide bonds. The van der Waals surface area contributed by atoms with E-state index < -0.39 is 0 Å². The van der Waals surface area contributed by atoms with Gasteiger partial charge in [-0.2, -0.15) is 5.10 Å². The Hall–Kier alpha value is -5.45. The molecule has 11 nitrogen and oxygen atoms in total. The van der Waals surface area contributed by atoms with Crippen molar-refractivity contribution < 1.29 is 9.53 Å². The summed E-state index contributed by atoms with van der Waals surface area (Å²) in [7, 11) is 0. The summed E-state index contributed by atoms with van der Waals surface area (Å²) in [5.41, 5.74) is 5.57. The number of aromatic nitrogens is 8. The van der Waals surface area contributed by atoms with Crippen molar-refractivity contribution in [2.75, 3.05) is 6.54 Å². The maximum atomic E-state index is 12.9. The molecule has 2 aromatic carbocycles. The summed E-state index contributed by atoms with van der Waals surface area (Å²) in [5, 5.41) is 18.7. The second kappa shape index (κ2) is 11.7. The van der Waals surface area contributed by atoms with Crippen LogP contribution in [-0.4, -0.2) is 58.3 Å². The molecule has 0 fully saturated rings. The lowest BCUT2D eigenvalue weighted by Crippen LogP contribution is -2.25. The first kappa shape index (κ1) is 25.8. The molecule has 0 radical (unpaired) electrons. The number of nitrogens with one attached hydrogen (secondary N) is 1. The molecule has 0 aliphatic carbocycles. The Kier molecular flexibility index (Phi) is 7.39. The van der Waals surface area contributed by atoms with Gasteiger partial charge < -0.3 is 10.1 Å². The van der Waals surface area contributed by atoms with Crippen molar-refractivity contribution in [3.05, 3.63) is 109 Å². The van der Waals surface area contributed by atoms with Crippen LogP contribution in [0.25, 0.3) is 28.0 Å². The number of carbonyl (C=O) groups is 1. The van der Waals surface area contributed by atoms with Crippen LogP contribution in [0.4, 0.5) is 0 Å². The van der Waals surface area contributed by atoms with Gasteiger partial charge in [-0.1, -0.05) is 30.3 Å². The Morgan fingerprint density at radius 1 is 1.02 bits per heavy atom. The van der Waals surface area contributed by atoms with Crippen LogP contribution in [0.5, 0.6) is 5.75 Å². The van der Waals surface area contributed by atoms with E-state index in [1.807, 2.05) is 79.9 Å². The fourth-order valence-corrected chi connectivity index (χ4v) is 4.54. The first-order valence-corrected chi connectivity index (χ1v) is 13.2. The van der Waals surface area contributed by atoms with Gasteiger partial charge in [0, 0.05) is 47.7 Å². The Balaban J connectivity index is 1.19. The maximum absolute atomic E-state index is 12.9. The summed E-state index contributed by atoms with van der Waals surface area (Å²) in [6.07, 6.45) is 7.49. The fourth-order valence-electron chi connectivity index (χ4n) is 4.54. The van der Waals surface area contributed by atoms with E-state index in [1.165, 1.54) is 0 Å². The molecule has 204 valence electrons. The lowest BCUT2D eigenvalue weighted by molar-refractivity contribution is 0.0954. The van der Waals surface area contributed by atoms with Crippen LogP contribution in [0.15, 0.2) is 97.7 Å². The maximum Gasteiger partial charge on any atom is 0.251 e. The zero-order chi connectivity index (χ0) is 28.0. The summed E-state index contributed by atoms with van der Waals surface area (Å²) in [5.74, 6) is 0.583. The summed E-state index contributed by atoms with van der Waals surface area (Å²) < 4.78 is 9.46. The van der Waals surface area contributed by atoms with Gasteiger partial charge in [0.05, 0.1) is 18.4 Å². The Labute approximate surface area is 235 Å². The van der Waals surface area contributed by atoms with Gasteiger partial charge in [-0.15, -0.1) is 5.10 Å². The fraction of sp³-hybridized carbons (Fsp3) is 0.167. The third-order valence-electron chi connectivity index (χ3n) is 6.50. The predicted molar refractivity (Wildman–Crippen MR) is 152 cm³/mol. The number of nitrogens with zero attached hydrogens (tertiary/aromatic N) is 8. The quantitative estimate of drug-likeness (QED) is 0.275. The zero-order valence-electron chi connectivity index (χ0n) is 22.3. The molecule has 1 N–H and O–H groups in total. The van der Waals surface area contributed by atoms with Gasteiger partial charge in [-0.3, -0.25) is 9.78 Å². The molecule has 0 bridgehead atoms. The molecule has 0 saturated heterocycles. The number of amides is 1. The largest absolute Gasteiger partial charge is 0.489 e. The molecular weight excluding hydrogens is 518 g/mol. The highest BCUT2D eigenvalue weighted by Crippen LogP contribution is 2.28. The predicted octanol–water partition coefficient (Wildman–Crippen LogP) is 3.88. The SMILES string of the molecule is C[C@@H](Cn1cnnn1)Oc1cccc(-c2ccn3ncc(-c4cccc(C(=O)NCCc5ccccn5)c4)c3n2)c1. The van der Waals surface area contributed by atoms with Gasteiger partial charge in [-0.05, 0) is 65.4 Å². The summed E-state index contributed by atoms with van der Waals surface area (Å²) in [4.78, 5) is 22.1. The molecule has 4 heterocycles. The van der Waals surface area contributed by atoms with E-state index in [1.54, 1.807) is 34.0 Å². The average molecular weight is 546 g/mol. The van der Waals surface area contributed by atoms with Crippen molar-refractivity contribution in [3.63, 3.8) is 0 Å². The van der Waals surface area contributed by atoms with Gasteiger partial charge >= 0.3 is 0 Å². The third-order valence-corrected chi connectivity index (χ3v) is 6.50. The molecule has 4 aromatic heterocycles. The van der Waals surface area contributed by atoms with E-state index in [0.717, 1.165) is 33.8 Å². The van der Waals surface area contributed by atoms with Crippen LogP contribution in [0.1, 0.15) is 23.0 Å². The molecule has 1 atom stereocenters. The van der Waals surface area contributed by atoms with Crippen LogP contribution in [0.2, 0.25) is 0 Å². The van der Waals surface area contributed by atoms with Gasteiger partial charge in [0.1, 0.15) is 18.2 Å². The van der Waals surface area contributed by atoms with Crippen molar-refractivity contribution in [1.82, 2.24) is 45.1 Å². The minimum absolute atomic E-state index is 0.134. The summed E-state index contributed by atoms with van der Waals surface area (Å²) in [6, 6.07) is 23.0. The molecule has 0 spiro atoms. The second-order valence-electron chi connectivity index (χ2n) is 9.54. The van der Waals surface area contributed by atoms with Crippen LogP contribution >= 0.6 is 0 Å². The van der Waals surface area contributed by atoms with Crippen molar-refractivity contribution in [1.29, 1.82) is 0 Å². The smallest absolute Gasteiger partial charge is 0.251 e.